The van der Waals surface area contributed by atoms with Gasteiger partial charge in [-0.05, 0) is 37.3 Å². The normalized spacial score (nSPS) is 14.1. The van der Waals surface area contributed by atoms with Crippen molar-refractivity contribution in [2.45, 2.75) is 6.92 Å². The van der Waals surface area contributed by atoms with Crippen LogP contribution in [0, 0.1) is 6.92 Å². The Morgan fingerprint density at radius 2 is 1.63 bits per heavy atom. The van der Waals surface area contributed by atoms with Crippen molar-refractivity contribution >= 4 is 40.0 Å². The lowest BCUT2D eigenvalue weighted by molar-refractivity contribution is 0.0746. The molecular formula is C27H23ClN6O. The summed E-state index contributed by atoms with van der Waals surface area (Å²) >= 11 is 6.29. The summed E-state index contributed by atoms with van der Waals surface area (Å²) in [6.07, 6.45) is 0. The Bertz CT molecular complexity index is 1540. The van der Waals surface area contributed by atoms with Crippen molar-refractivity contribution < 1.29 is 4.79 Å². The Kier molecular flexibility index (Phi) is 5.34. The molecule has 8 heteroatoms. The van der Waals surface area contributed by atoms with Crippen LogP contribution in [0.4, 0.5) is 5.95 Å². The molecule has 0 radical (unpaired) electrons. The molecule has 3 aromatic carbocycles. The molecule has 1 amide bonds. The van der Waals surface area contributed by atoms with Gasteiger partial charge in [-0.25, -0.2) is 9.38 Å². The maximum Gasteiger partial charge on any atom is 0.253 e. The van der Waals surface area contributed by atoms with Crippen LogP contribution in [0.1, 0.15) is 15.9 Å². The van der Waals surface area contributed by atoms with E-state index in [0.29, 0.717) is 31.2 Å². The highest BCUT2D eigenvalue weighted by molar-refractivity contribution is 6.31. The molecular weight excluding hydrogens is 460 g/mol. The summed E-state index contributed by atoms with van der Waals surface area (Å²) in [5, 5.41) is 10.6. The lowest BCUT2D eigenvalue weighted by Gasteiger charge is -2.35. The highest BCUT2D eigenvalue weighted by Crippen LogP contribution is 2.30. The van der Waals surface area contributed by atoms with Gasteiger partial charge in [0, 0.05) is 47.7 Å². The van der Waals surface area contributed by atoms with Crippen molar-refractivity contribution in [2.24, 2.45) is 0 Å². The number of benzene rings is 3. The number of hydrogen-bond donors (Lipinski definition) is 0. The third-order valence-corrected chi connectivity index (χ3v) is 6.70. The number of aryl methyl sites for hydroxylation is 1. The van der Waals surface area contributed by atoms with Gasteiger partial charge in [0.25, 0.3) is 5.91 Å². The first-order valence-electron chi connectivity index (χ1n) is 11.6. The summed E-state index contributed by atoms with van der Waals surface area (Å²) in [7, 11) is 0. The second-order valence-electron chi connectivity index (χ2n) is 8.77. The fourth-order valence-electron chi connectivity index (χ4n) is 4.57. The number of anilines is 1. The van der Waals surface area contributed by atoms with Crippen molar-refractivity contribution in [2.75, 3.05) is 31.1 Å². The SMILES string of the molecule is Cc1ccc(C(=O)N2CCN(c3nc4cc(Cl)ccc4c4nnc(-c5ccccc5)n34)CC2)cc1. The predicted molar refractivity (Wildman–Crippen MR) is 138 cm³/mol. The summed E-state index contributed by atoms with van der Waals surface area (Å²) < 4.78 is 2.02. The van der Waals surface area contributed by atoms with E-state index in [2.05, 4.69) is 15.1 Å². The highest BCUT2D eigenvalue weighted by Gasteiger charge is 2.26. The van der Waals surface area contributed by atoms with Gasteiger partial charge in [-0.15, -0.1) is 10.2 Å². The third-order valence-electron chi connectivity index (χ3n) is 6.46. The van der Waals surface area contributed by atoms with Gasteiger partial charge in [0.1, 0.15) is 0 Å². The molecule has 7 nitrogen and oxygen atoms in total. The summed E-state index contributed by atoms with van der Waals surface area (Å²) in [6, 6.07) is 23.4. The molecule has 5 aromatic rings. The number of amides is 1. The van der Waals surface area contributed by atoms with E-state index >= 15 is 0 Å². The van der Waals surface area contributed by atoms with E-state index in [-0.39, 0.29) is 5.91 Å². The fourth-order valence-corrected chi connectivity index (χ4v) is 4.73. The third kappa shape index (κ3) is 3.88. The van der Waals surface area contributed by atoms with E-state index < -0.39 is 0 Å². The Labute approximate surface area is 207 Å². The lowest BCUT2D eigenvalue weighted by atomic mass is 10.1. The first kappa shape index (κ1) is 21.6. The molecule has 35 heavy (non-hydrogen) atoms. The predicted octanol–water partition coefficient (Wildman–Crippen LogP) is 4.87. The van der Waals surface area contributed by atoms with Gasteiger partial charge >= 0.3 is 0 Å². The topological polar surface area (TPSA) is 66.6 Å². The molecule has 3 heterocycles. The van der Waals surface area contributed by atoms with E-state index in [1.165, 1.54) is 0 Å². The molecule has 1 saturated heterocycles. The molecule has 1 aliphatic heterocycles. The van der Waals surface area contributed by atoms with Gasteiger partial charge in [0.2, 0.25) is 5.95 Å². The molecule has 2 aromatic heterocycles. The second-order valence-corrected chi connectivity index (χ2v) is 9.20. The largest absolute Gasteiger partial charge is 0.338 e. The maximum absolute atomic E-state index is 13.0. The molecule has 0 N–H and O–H groups in total. The standard InChI is InChI=1S/C27H23ClN6O/c1-18-7-9-20(10-8-18)26(35)32-13-15-33(16-14-32)27-29-23-17-21(28)11-12-22(23)25-31-30-24(34(25)27)19-5-3-2-4-6-19/h2-12,17H,13-16H2,1H3. The Balaban J connectivity index is 1.38. The van der Waals surface area contributed by atoms with Crippen LogP contribution in [0.25, 0.3) is 27.9 Å². The van der Waals surface area contributed by atoms with E-state index in [0.717, 1.165) is 45.0 Å². The van der Waals surface area contributed by atoms with Crippen LogP contribution in [-0.4, -0.2) is 56.6 Å². The van der Waals surface area contributed by atoms with Gasteiger partial charge in [-0.1, -0.05) is 59.6 Å². The second kappa shape index (κ2) is 8.67. The van der Waals surface area contributed by atoms with Crippen LogP contribution in [-0.2, 0) is 0 Å². The first-order valence-corrected chi connectivity index (χ1v) is 12.0. The van der Waals surface area contributed by atoms with Crippen molar-refractivity contribution in [1.29, 1.82) is 0 Å². The van der Waals surface area contributed by atoms with Gasteiger partial charge in [-0.2, -0.15) is 0 Å². The van der Waals surface area contributed by atoms with Gasteiger partial charge in [0.15, 0.2) is 11.5 Å². The molecule has 0 aliphatic carbocycles. The molecule has 0 bridgehead atoms. The zero-order valence-corrected chi connectivity index (χ0v) is 20.0. The van der Waals surface area contributed by atoms with Gasteiger partial charge in [-0.3, -0.25) is 4.79 Å². The Morgan fingerprint density at radius 3 is 2.37 bits per heavy atom. The molecule has 174 valence electrons. The minimum Gasteiger partial charge on any atom is -0.338 e. The van der Waals surface area contributed by atoms with Crippen LogP contribution >= 0.6 is 11.6 Å². The minimum absolute atomic E-state index is 0.0577. The van der Waals surface area contributed by atoms with Crippen LogP contribution in [0.15, 0.2) is 72.8 Å². The zero-order valence-electron chi connectivity index (χ0n) is 19.2. The molecule has 0 spiro atoms. The van der Waals surface area contributed by atoms with Crippen LogP contribution in [0.2, 0.25) is 5.02 Å². The van der Waals surface area contributed by atoms with Crippen LogP contribution in [0.3, 0.4) is 0 Å². The van der Waals surface area contributed by atoms with Crippen LogP contribution in [0.5, 0.6) is 0 Å². The van der Waals surface area contributed by atoms with E-state index in [9.17, 15) is 4.79 Å². The number of aromatic nitrogens is 4. The van der Waals surface area contributed by atoms with Crippen LogP contribution < -0.4 is 4.90 Å². The Morgan fingerprint density at radius 1 is 0.886 bits per heavy atom. The molecule has 0 atom stereocenters. The number of nitrogens with zero attached hydrogens (tertiary/aromatic N) is 6. The number of hydrogen-bond acceptors (Lipinski definition) is 5. The molecule has 1 aliphatic rings. The summed E-state index contributed by atoms with van der Waals surface area (Å²) in [5.74, 6) is 1.54. The zero-order chi connectivity index (χ0) is 23.9. The summed E-state index contributed by atoms with van der Waals surface area (Å²) in [4.78, 5) is 22.1. The number of rotatable bonds is 3. The first-order chi connectivity index (χ1) is 17.1. The van der Waals surface area contributed by atoms with E-state index in [1.54, 1.807) is 0 Å². The average molecular weight is 483 g/mol. The van der Waals surface area contributed by atoms with Crippen molar-refractivity contribution in [3.8, 4) is 11.4 Å². The van der Waals surface area contributed by atoms with Gasteiger partial charge < -0.3 is 9.80 Å². The van der Waals surface area contributed by atoms with Crippen molar-refractivity contribution in [3.63, 3.8) is 0 Å². The minimum atomic E-state index is 0.0577. The van der Waals surface area contributed by atoms with Gasteiger partial charge in [0.05, 0.1) is 5.52 Å². The molecule has 0 saturated carbocycles. The number of carbonyl (C=O) groups is 1. The lowest BCUT2D eigenvalue weighted by Crippen LogP contribution is -2.49. The number of halogens is 1. The smallest absolute Gasteiger partial charge is 0.253 e. The van der Waals surface area contributed by atoms with Crippen molar-refractivity contribution in [3.05, 3.63) is 88.9 Å². The van der Waals surface area contributed by atoms with Crippen molar-refractivity contribution in [1.82, 2.24) is 24.5 Å². The number of carbonyl (C=O) groups excluding carboxylic acids is 1. The molecule has 1 fully saturated rings. The monoisotopic (exact) mass is 482 g/mol. The number of fused-ring (bicyclic) bond motifs is 3. The van der Waals surface area contributed by atoms with E-state index in [1.807, 2.05) is 89.0 Å². The average Bonchev–Trinajstić information content (AvgIpc) is 3.34. The molecule has 6 rings (SSSR count). The summed E-state index contributed by atoms with van der Waals surface area (Å²) in [5.41, 5.74) is 4.32. The number of piperazine rings is 1. The molecule has 0 unspecified atom stereocenters. The fraction of sp³-hybridized carbons (Fsp3) is 0.185. The van der Waals surface area contributed by atoms with E-state index in [4.69, 9.17) is 16.6 Å². The summed E-state index contributed by atoms with van der Waals surface area (Å²) in [6.45, 7) is 4.53. The maximum atomic E-state index is 13.0. The quantitative estimate of drug-likeness (QED) is 0.367. The highest BCUT2D eigenvalue weighted by atomic mass is 35.5. The Hall–Kier alpha value is -3.97.